The van der Waals surface area contributed by atoms with Crippen LogP contribution in [0.1, 0.15) is 58.8 Å². The van der Waals surface area contributed by atoms with Crippen molar-refractivity contribution in [2.45, 2.75) is 64.8 Å². The van der Waals surface area contributed by atoms with E-state index in [-0.39, 0.29) is 0 Å². The summed E-state index contributed by atoms with van der Waals surface area (Å²) in [5.74, 6) is 3.67. The van der Waals surface area contributed by atoms with E-state index >= 15 is 0 Å². The van der Waals surface area contributed by atoms with Gasteiger partial charge in [-0.15, -0.1) is 0 Å². The minimum Gasteiger partial charge on any atom is -0.314 e. The van der Waals surface area contributed by atoms with E-state index in [4.69, 9.17) is 0 Å². The Morgan fingerprint density at radius 1 is 1.19 bits per heavy atom. The molecule has 0 saturated heterocycles. The van der Waals surface area contributed by atoms with Gasteiger partial charge in [-0.2, -0.15) is 11.8 Å². The van der Waals surface area contributed by atoms with Crippen molar-refractivity contribution in [2.24, 2.45) is 5.92 Å². The number of hydrogen-bond donors (Lipinski definition) is 1. The first kappa shape index (κ1) is 14.4. The normalized spacial score (nSPS) is 17.6. The van der Waals surface area contributed by atoms with Crippen molar-refractivity contribution in [2.75, 3.05) is 18.1 Å². The molecular formula is C14H29NS. The highest BCUT2D eigenvalue weighted by Gasteiger charge is 2.29. The molecule has 0 bridgehead atoms. The van der Waals surface area contributed by atoms with Gasteiger partial charge in [-0.25, -0.2) is 0 Å². The number of nitrogens with one attached hydrogen (secondary N) is 1. The molecule has 1 nitrogen and oxygen atoms in total. The van der Waals surface area contributed by atoms with Crippen LogP contribution in [0.3, 0.4) is 0 Å². The van der Waals surface area contributed by atoms with Crippen molar-refractivity contribution in [1.29, 1.82) is 0 Å². The number of rotatable bonds is 11. The average Bonchev–Trinajstić information content (AvgIpc) is 3.11. The molecule has 1 rings (SSSR count). The Kier molecular flexibility index (Phi) is 8.40. The Morgan fingerprint density at radius 3 is 2.62 bits per heavy atom. The summed E-state index contributed by atoms with van der Waals surface area (Å²) < 4.78 is 0. The van der Waals surface area contributed by atoms with Gasteiger partial charge in [0.1, 0.15) is 0 Å². The molecule has 1 aliphatic carbocycles. The molecule has 0 aromatic rings. The molecule has 1 unspecified atom stereocenters. The summed E-state index contributed by atoms with van der Waals surface area (Å²) in [6, 6.07) is 0.846. The van der Waals surface area contributed by atoms with Gasteiger partial charge in [0.15, 0.2) is 0 Å². The second kappa shape index (κ2) is 9.35. The van der Waals surface area contributed by atoms with Crippen molar-refractivity contribution in [1.82, 2.24) is 5.32 Å². The predicted molar refractivity (Wildman–Crippen MR) is 76.3 cm³/mol. The quantitative estimate of drug-likeness (QED) is 0.549. The highest BCUT2D eigenvalue weighted by Crippen LogP contribution is 2.34. The van der Waals surface area contributed by atoms with E-state index in [9.17, 15) is 0 Å². The molecule has 0 amide bonds. The molecule has 96 valence electrons. The lowest BCUT2D eigenvalue weighted by Crippen LogP contribution is -2.31. The summed E-state index contributed by atoms with van der Waals surface area (Å²) in [5, 5.41) is 3.73. The summed E-state index contributed by atoms with van der Waals surface area (Å²) in [5.41, 5.74) is 0. The van der Waals surface area contributed by atoms with Crippen LogP contribution in [0.5, 0.6) is 0 Å². The predicted octanol–water partition coefficient (Wildman–Crippen LogP) is 4.08. The molecule has 0 aromatic carbocycles. The van der Waals surface area contributed by atoms with Crippen molar-refractivity contribution in [3.05, 3.63) is 0 Å². The molecule has 1 fully saturated rings. The fraction of sp³-hybridized carbons (Fsp3) is 1.00. The zero-order valence-electron chi connectivity index (χ0n) is 11.1. The highest BCUT2D eigenvalue weighted by atomic mass is 32.2. The Labute approximate surface area is 106 Å². The summed E-state index contributed by atoms with van der Waals surface area (Å²) in [6.45, 7) is 5.73. The monoisotopic (exact) mass is 243 g/mol. The molecule has 0 spiro atoms. The highest BCUT2D eigenvalue weighted by molar-refractivity contribution is 7.99. The lowest BCUT2D eigenvalue weighted by molar-refractivity contribution is 0.419. The van der Waals surface area contributed by atoms with E-state index in [1.807, 2.05) is 0 Å². The van der Waals surface area contributed by atoms with Gasteiger partial charge in [0.2, 0.25) is 0 Å². The van der Waals surface area contributed by atoms with Crippen LogP contribution >= 0.6 is 11.8 Å². The van der Waals surface area contributed by atoms with Gasteiger partial charge in [-0.05, 0) is 56.1 Å². The molecule has 0 aromatic heterocycles. The third-order valence-corrected chi connectivity index (χ3v) is 4.34. The zero-order chi connectivity index (χ0) is 11.6. The maximum Gasteiger partial charge on any atom is 0.00953 e. The SMILES string of the molecule is CCCNC(CCCCCSCC)C1CC1. The maximum absolute atomic E-state index is 3.73. The molecule has 0 heterocycles. The van der Waals surface area contributed by atoms with Gasteiger partial charge in [0.05, 0.1) is 0 Å². The van der Waals surface area contributed by atoms with Crippen LogP contribution in [0.25, 0.3) is 0 Å². The van der Waals surface area contributed by atoms with Gasteiger partial charge >= 0.3 is 0 Å². The van der Waals surface area contributed by atoms with Crippen LogP contribution in [0.4, 0.5) is 0 Å². The van der Waals surface area contributed by atoms with Crippen molar-refractivity contribution >= 4 is 11.8 Å². The standard InChI is InChI=1S/C14H29NS/c1-3-11-15-14(13-9-10-13)8-6-5-7-12-16-4-2/h13-15H,3-12H2,1-2H3. The number of unbranched alkanes of at least 4 members (excludes halogenated alkanes) is 2. The van der Waals surface area contributed by atoms with E-state index < -0.39 is 0 Å². The Bertz CT molecular complexity index is 157. The first-order valence-electron chi connectivity index (χ1n) is 7.19. The molecular weight excluding hydrogens is 214 g/mol. The fourth-order valence-electron chi connectivity index (χ4n) is 2.22. The van der Waals surface area contributed by atoms with E-state index in [0.29, 0.717) is 0 Å². The molecule has 16 heavy (non-hydrogen) atoms. The molecule has 1 atom stereocenters. The number of thioether (sulfide) groups is 1. The van der Waals surface area contributed by atoms with Crippen LogP contribution in [-0.4, -0.2) is 24.1 Å². The minimum absolute atomic E-state index is 0.846. The van der Waals surface area contributed by atoms with Crippen molar-refractivity contribution in [3.63, 3.8) is 0 Å². The summed E-state index contributed by atoms with van der Waals surface area (Å²) >= 11 is 2.08. The maximum atomic E-state index is 3.73. The van der Waals surface area contributed by atoms with E-state index in [0.717, 1.165) is 12.0 Å². The van der Waals surface area contributed by atoms with Crippen LogP contribution in [-0.2, 0) is 0 Å². The largest absolute Gasteiger partial charge is 0.314 e. The molecule has 1 aliphatic rings. The fourth-order valence-corrected chi connectivity index (χ4v) is 2.92. The molecule has 2 heteroatoms. The lowest BCUT2D eigenvalue weighted by Gasteiger charge is -2.17. The summed E-state index contributed by atoms with van der Waals surface area (Å²) in [7, 11) is 0. The van der Waals surface area contributed by atoms with Gasteiger partial charge in [-0.3, -0.25) is 0 Å². The van der Waals surface area contributed by atoms with Crippen LogP contribution in [0, 0.1) is 5.92 Å². The van der Waals surface area contributed by atoms with Crippen LogP contribution in [0.15, 0.2) is 0 Å². The van der Waals surface area contributed by atoms with Crippen LogP contribution < -0.4 is 5.32 Å². The molecule has 0 radical (unpaired) electrons. The second-order valence-electron chi connectivity index (χ2n) is 4.94. The van der Waals surface area contributed by atoms with E-state index in [2.05, 4.69) is 30.9 Å². The topological polar surface area (TPSA) is 12.0 Å². The first-order valence-corrected chi connectivity index (χ1v) is 8.35. The Hall–Kier alpha value is 0.310. The van der Waals surface area contributed by atoms with Gasteiger partial charge in [0.25, 0.3) is 0 Å². The average molecular weight is 243 g/mol. The Balaban J connectivity index is 1.95. The number of hydrogen-bond acceptors (Lipinski definition) is 2. The second-order valence-corrected chi connectivity index (χ2v) is 6.34. The third kappa shape index (κ3) is 6.80. The molecule has 1 saturated carbocycles. The van der Waals surface area contributed by atoms with Gasteiger partial charge < -0.3 is 5.32 Å². The van der Waals surface area contributed by atoms with Gasteiger partial charge in [0, 0.05) is 6.04 Å². The Morgan fingerprint density at radius 2 is 2.00 bits per heavy atom. The zero-order valence-corrected chi connectivity index (χ0v) is 12.0. The minimum atomic E-state index is 0.846. The third-order valence-electron chi connectivity index (χ3n) is 3.36. The van der Waals surface area contributed by atoms with Gasteiger partial charge in [-0.1, -0.05) is 26.7 Å². The lowest BCUT2D eigenvalue weighted by atomic mass is 10.0. The smallest absolute Gasteiger partial charge is 0.00953 e. The van der Waals surface area contributed by atoms with E-state index in [1.54, 1.807) is 0 Å². The van der Waals surface area contributed by atoms with Crippen LogP contribution in [0.2, 0.25) is 0 Å². The first-order chi connectivity index (χ1) is 7.88. The molecule has 0 aliphatic heterocycles. The summed E-state index contributed by atoms with van der Waals surface area (Å²) in [4.78, 5) is 0. The summed E-state index contributed by atoms with van der Waals surface area (Å²) in [6.07, 6.45) is 9.94. The van der Waals surface area contributed by atoms with E-state index in [1.165, 1.54) is 63.0 Å². The molecule has 1 N–H and O–H groups in total. The van der Waals surface area contributed by atoms with Crippen molar-refractivity contribution < 1.29 is 0 Å². The van der Waals surface area contributed by atoms with Crippen molar-refractivity contribution in [3.8, 4) is 0 Å².